The van der Waals surface area contributed by atoms with Gasteiger partial charge in [0.2, 0.25) is 0 Å². The van der Waals surface area contributed by atoms with E-state index >= 15 is 0 Å². The summed E-state index contributed by atoms with van der Waals surface area (Å²) in [6.45, 7) is 13.8. The van der Waals surface area contributed by atoms with Gasteiger partial charge in [0.25, 0.3) is 0 Å². The number of carbonyl (C=O) groups excluding carboxylic acids is 2. The van der Waals surface area contributed by atoms with E-state index in [1.54, 1.807) is 0 Å². The Hall–Kier alpha value is -1.20. The minimum Gasteiger partial charge on any atom is -0.469 e. The van der Waals surface area contributed by atoms with E-state index in [4.69, 9.17) is 4.74 Å². The van der Waals surface area contributed by atoms with Crippen molar-refractivity contribution in [3.05, 3.63) is 11.6 Å². The lowest BCUT2D eigenvalue weighted by molar-refractivity contribution is -0.199. The fraction of sp³-hybridized carbons (Fsp3) is 0.871. The van der Waals surface area contributed by atoms with Crippen LogP contribution in [0.15, 0.2) is 11.6 Å². The second-order valence-electron chi connectivity index (χ2n) is 14.5. The Morgan fingerprint density at radius 1 is 1.06 bits per heavy atom. The Kier molecular flexibility index (Phi) is 5.98. The lowest BCUT2D eigenvalue weighted by Gasteiger charge is -2.71. The van der Waals surface area contributed by atoms with E-state index in [-0.39, 0.29) is 63.7 Å². The molecule has 202 valence electrons. The van der Waals surface area contributed by atoms with Crippen molar-refractivity contribution >= 4 is 11.8 Å². The molecule has 0 aromatic carbocycles. The van der Waals surface area contributed by atoms with E-state index in [9.17, 15) is 19.8 Å². The lowest BCUT2D eigenvalue weighted by atomic mass is 9.33. The van der Waals surface area contributed by atoms with Gasteiger partial charge < -0.3 is 14.9 Å². The first-order valence-corrected chi connectivity index (χ1v) is 14.3. The Bertz CT molecular complexity index is 987. The number of ketones is 1. The van der Waals surface area contributed by atoms with Gasteiger partial charge in [0.05, 0.1) is 31.2 Å². The lowest BCUT2D eigenvalue weighted by Crippen LogP contribution is -2.66. The third-order valence-electron chi connectivity index (χ3n) is 13.5. The van der Waals surface area contributed by atoms with Crippen LogP contribution in [0.2, 0.25) is 0 Å². The fourth-order valence-electron chi connectivity index (χ4n) is 11.0. The second kappa shape index (κ2) is 8.15. The van der Waals surface area contributed by atoms with Crippen LogP contribution in [0.25, 0.3) is 0 Å². The van der Waals surface area contributed by atoms with Gasteiger partial charge in [0, 0.05) is 11.8 Å². The summed E-state index contributed by atoms with van der Waals surface area (Å²) in [5.41, 5.74) is 0.664. The molecule has 0 aromatic heterocycles. The molecule has 4 saturated carbocycles. The number of allylic oxidation sites excluding steroid dienone is 2. The van der Waals surface area contributed by atoms with Crippen molar-refractivity contribution in [2.24, 2.45) is 56.7 Å². The number of rotatable bonds is 2. The molecule has 2 N–H and O–H groups in total. The van der Waals surface area contributed by atoms with E-state index in [1.807, 2.05) is 6.92 Å². The summed E-state index contributed by atoms with van der Waals surface area (Å²) < 4.78 is 5.18. The summed E-state index contributed by atoms with van der Waals surface area (Å²) >= 11 is 0. The number of hydrogen-bond donors (Lipinski definition) is 2. The molecule has 5 aliphatic rings. The van der Waals surface area contributed by atoms with E-state index in [1.165, 1.54) is 12.7 Å². The van der Waals surface area contributed by atoms with E-state index in [2.05, 4.69) is 40.7 Å². The van der Waals surface area contributed by atoms with Crippen molar-refractivity contribution in [1.29, 1.82) is 0 Å². The zero-order valence-corrected chi connectivity index (χ0v) is 23.5. The maximum absolute atomic E-state index is 13.0. The van der Waals surface area contributed by atoms with Gasteiger partial charge in [-0.05, 0) is 84.9 Å². The third kappa shape index (κ3) is 3.02. The van der Waals surface area contributed by atoms with Crippen molar-refractivity contribution in [3.8, 4) is 0 Å². The molecule has 11 atom stereocenters. The Morgan fingerprint density at radius 3 is 2.39 bits per heavy atom. The van der Waals surface area contributed by atoms with E-state index in [0.29, 0.717) is 18.8 Å². The number of ether oxygens (including phenoxy) is 1. The number of Topliss-reactive ketones (excluding diaryl/α,β-unsaturated/α-hetero) is 1. The second-order valence-corrected chi connectivity index (χ2v) is 14.5. The van der Waals surface area contributed by atoms with Crippen LogP contribution in [0.5, 0.6) is 0 Å². The minimum absolute atomic E-state index is 0.0103. The zero-order chi connectivity index (χ0) is 26.5. The quantitative estimate of drug-likeness (QED) is 0.396. The van der Waals surface area contributed by atoms with Crippen LogP contribution < -0.4 is 0 Å². The van der Waals surface area contributed by atoms with Crippen LogP contribution in [0.4, 0.5) is 0 Å². The first-order valence-electron chi connectivity index (χ1n) is 14.3. The van der Waals surface area contributed by atoms with Crippen LogP contribution in [-0.2, 0) is 14.3 Å². The number of fused-ring (bicyclic) bond motifs is 7. The van der Waals surface area contributed by atoms with Gasteiger partial charge in [-0.2, -0.15) is 0 Å². The largest absolute Gasteiger partial charge is 0.469 e. The standard InChI is InChI=1S/C31H48O5/c1-18-19(26(35)36-7)16-24(34)28(3)14-15-30(5)20(25(18)28)8-9-22-27(2)12-11-23(33)29(4,17-32)21(27)10-13-31(22,30)6/h8,18-19,21-22,24-25,32,34H,9-17H2,1-7H3/t18-,19+,21?,22?,24-,25?,27-,28-,29-,30+,31+/m0/s1. The normalized spacial score (nSPS) is 54.4. The molecule has 0 aliphatic heterocycles. The highest BCUT2D eigenvalue weighted by Gasteiger charge is 2.69. The number of aliphatic hydroxyl groups excluding tert-OH is 2. The highest BCUT2D eigenvalue weighted by molar-refractivity contribution is 5.86. The summed E-state index contributed by atoms with van der Waals surface area (Å²) in [4.78, 5) is 25.8. The Morgan fingerprint density at radius 2 is 1.75 bits per heavy atom. The third-order valence-corrected chi connectivity index (χ3v) is 13.5. The summed E-state index contributed by atoms with van der Waals surface area (Å²) in [6.07, 6.45) is 8.94. The number of esters is 1. The van der Waals surface area contributed by atoms with Gasteiger partial charge in [0.15, 0.2) is 0 Å². The molecule has 5 rings (SSSR count). The molecule has 0 radical (unpaired) electrons. The molecule has 36 heavy (non-hydrogen) atoms. The molecule has 0 bridgehead atoms. The smallest absolute Gasteiger partial charge is 0.309 e. The molecular formula is C31H48O5. The Labute approximate surface area is 217 Å². The van der Waals surface area contributed by atoms with Crippen LogP contribution in [0.3, 0.4) is 0 Å². The monoisotopic (exact) mass is 500 g/mol. The summed E-state index contributed by atoms with van der Waals surface area (Å²) in [5, 5.41) is 21.8. The van der Waals surface area contributed by atoms with Gasteiger partial charge in [0.1, 0.15) is 5.78 Å². The first-order chi connectivity index (χ1) is 16.7. The fourth-order valence-corrected chi connectivity index (χ4v) is 11.0. The van der Waals surface area contributed by atoms with Gasteiger partial charge in [-0.1, -0.05) is 53.2 Å². The maximum atomic E-state index is 13.0. The predicted molar refractivity (Wildman–Crippen MR) is 139 cm³/mol. The highest BCUT2D eigenvalue weighted by atomic mass is 16.5. The van der Waals surface area contributed by atoms with Crippen molar-refractivity contribution < 1.29 is 24.5 Å². The van der Waals surface area contributed by atoms with E-state index in [0.717, 1.165) is 38.5 Å². The molecule has 5 heteroatoms. The molecule has 3 unspecified atom stereocenters. The minimum atomic E-state index is -0.639. The SMILES string of the molecule is COC(=O)[C@@H]1C[C@H](O)[C@]2(C)CC[C@]3(C)C(=CCC4[C@@]5(C)CCC(=O)[C@@](C)(CO)C5CC[C@]43C)C2[C@H]1C. The highest BCUT2D eigenvalue weighted by Crippen LogP contribution is 2.75. The number of methoxy groups -OCH3 is 1. The maximum Gasteiger partial charge on any atom is 0.309 e. The Balaban J connectivity index is 1.59. The van der Waals surface area contributed by atoms with Crippen LogP contribution >= 0.6 is 0 Å². The number of carbonyl (C=O) groups is 2. The molecule has 4 fully saturated rings. The summed E-state index contributed by atoms with van der Waals surface area (Å²) in [6, 6.07) is 0. The van der Waals surface area contributed by atoms with Crippen LogP contribution in [-0.4, -0.2) is 41.8 Å². The van der Waals surface area contributed by atoms with Gasteiger partial charge in [-0.25, -0.2) is 0 Å². The first kappa shape index (κ1) is 26.4. The summed E-state index contributed by atoms with van der Waals surface area (Å²) in [7, 11) is 1.46. The topological polar surface area (TPSA) is 83.8 Å². The van der Waals surface area contributed by atoms with Crippen molar-refractivity contribution in [2.45, 2.75) is 99.0 Å². The predicted octanol–water partition coefficient (Wildman–Crippen LogP) is 5.33. The van der Waals surface area contributed by atoms with Crippen molar-refractivity contribution in [2.75, 3.05) is 13.7 Å². The van der Waals surface area contributed by atoms with Crippen LogP contribution in [0.1, 0.15) is 92.9 Å². The van der Waals surface area contributed by atoms with E-state index < -0.39 is 11.5 Å². The van der Waals surface area contributed by atoms with Crippen molar-refractivity contribution in [3.63, 3.8) is 0 Å². The average molecular weight is 501 g/mol. The van der Waals surface area contributed by atoms with Crippen LogP contribution in [0, 0.1) is 56.7 Å². The zero-order valence-electron chi connectivity index (χ0n) is 23.5. The molecule has 0 heterocycles. The molecule has 5 nitrogen and oxygen atoms in total. The van der Waals surface area contributed by atoms with Gasteiger partial charge in [-0.3, -0.25) is 9.59 Å². The molecular weight excluding hydrogens is 452 g/mol. The average Bonchev–Trinajstić information content (AvgIpc) is 2.84. The molecule has 0 aromatic rings. The van der Waals surface area contributed by atoms with Gasteiger partial charge >= 0.3 is 5.97 Å². The number of aliphatic hydroxyl groups is 2. The summed E-state index contributed by atoms with van der Waals surface area (Å²) in [5.74, 6) is 0.694. The van der Waals surface area contributed by atoms with Crippen molar-refractivity contribution in [1.82, 2.24) is 0 Å². The van der Waals surface area contributed by atoms with Gasteiger partial charge in [-0.15, -0.1) is 0 Å². The molecule has 0 amide bonds. The molecule has 5 aliphatic carbocycles. The number of hydrogen-bond acceptors (Lipinski definition) is 5. The molecule has 0 spiro atoms. The molecule has 0 saturated heterocycles.